The highest BCUT2D eigenvalue weighted by Gasteiger charge is 2.17. The molecule has 1 heterocycles. The first-order valence-electron chi connectivity index (χ1n) is 8.30. The van der Waals surface area contributed by atoms with Crippen molar-refractivity contribution in [2.24, 2.45) is 0 Å². The van der Waals surface area contributed by atoms with Gasteiger partial charge in [0.2, 0.25) is 0 Å². The van der Waals surface area contributed by atoms with Gasteiger partial charge in [0, 0.05) is 11.6 Å². The Morgan fingerprint density at radius 1 is 1.19 bits per heavy atom. The lowest BCUT2D eigenvalue weighted by Crippen LogP contribution is -2.07. The molecule has 7 heteroatoms. The van der Waals surface area contributed by atoms with E-state index >= 15 is 0 Å². The molecular weight excluding hydrogens is 370 g/mol. The molecule has 6 nitrogen and oxygen atoms in total. The van der Waals surface area contributed by atoms with Crippen LogP contribution in [-0.4, -0.2) is 24.8 Å². The molecule has 0 spiro atoms. The van der Waals surface area contributed by atoms with Gasteiger partial charge in [0.25, 0.3) is 0 Å². The van der Waals surface area contributed by atoms with E-state index in [1.54, 1.807) is 6.07 Å². The maximum Gasteiger partial charge on any atom is 0.338 e. The van der Waals surface area contributed by atoms with Gasteiger partial charge >= 0.3 is 5.97 Å². The molecule has 0 aliphatic rings. The first kappa shape index (κ1) is 18.8. The van der Waals surface area contributed by atoms with Crippen LogP contribution in [0.5, 0.6) is 11.5 Å². The zero-order valence-corrected chi connectivity index (χ0v) is 15.7. The molecule has 0 N–H and O–H groups in total. The summed E-state index contributed by atoms with van der Waals surface area (Å²) in [6, 6.07) is 14.3. The molecule has 0 atom stereocenters. The SMILES string of the molecule is CCOc1c(Cl)cc(C(=O)OCc2cc(-c3ccccc3)on2)cc1OC. The number of hydrogen-bond acceptors (Lipinski definition) is 6. The van der Waals surface area contributed by atoms with Crippen LogP contribution in [0.2, 0.25) is 5.02 Å². The van der Waals surface area contributed by atoms with Crippen molar-refractivity contribution in [3.05, 3.63) is 64.8 Å². The number of benzene rings is 2. The molecule has 0 saturated carbocycles. The Bertz CT molecular complexity index is 923. The maximum atomic E-state index is 12.3. The Kier molecular flexibility index (Phi) is 5.98. The fourth-order valence-electron chi connectivity index (χ4n) is 2.46. The average Bonchev–Trinajstić information content (AvgIpc) is 3.17. The molecule has 1 aromatic heterocycles. The highest BCUT2D eigenvalue weighted by Crippen LogP contribution is 2.36. The molecule has 0 aliphatic carbocycles. The number of carbonyl (C=O) groups excluding carboxylic acids is 1. The summed E-state index contributed by atoms with van der Waals surface area (Å²) in [4.78, 5) is 12.3. The molecule has 0 radical (unpaired) electrons. The summed E-state index contributed by atoms with van der Waals surface area (Å²) in [5.74, 6) is 0.807. The van der Waals surface area contributed by atoms with Crippen LogP contribution in [-0.2, 0) is 11.3 Å². The molecule has 3 aromatic rings. The Hall–Kier alpha value is -2.99. The van der Waals surface area contributed by atoms with E-state index in [0.29, 0.717) is 29.6 Å². The normalized spacial score (nSPS) is 10.5. The van der Waals surface area contributed by atoms with Gasteiger partial charge in [0.15, 0.2) is 17.3 Å². The number of aromatic nitrogens is 1. The predicted octanol–water partition coefficient (Wildman–Crippen LogP) is 4.76. The second-order valence-corrected chi connectivity index (χ2v) is 5.95. The van der Waals surface area contributed by atoms with Crippen molar-refractivity contribution in [1.82, 2.24) is 5.16 Å². The number of hydrogen-bond donors (Lipinski definition) is 0. The maximum absolute atomic E-state index is 12.3. The second kappa shape index (κ2) is 8.60. The molecular formula is C20H18ClNO5. The van der Waals surface area contributed by atoms with E-state index in [-0.39, 0.29) is 17.2 Å². The van der Waals surface area contributed by atoms with E-state index in [1.165, 1.54) is 19.2 Å². The Morgan fingerprint density at radius 3 is 2.67 bits per heavy atom. The van der Waals surface area contributed by atoms with Crippen LogP contribution in [0.15, 0.2) is 53.1 Å². The van der Waals surface area contributed by atoms with Crippen molar-refractivity contribution in [2.45, 2.75) is 13.5 Å². The van der Waals surface area contributed by atoms with Gasteiger partial charge in [-0.15, -0.1) is 0 Å². The van der Waals surface area contributed by atoms with E-state index in [2.05, 4.69) is 5.16 Å². The molecule has 27 heavy (non-hydrogen) atoms. The van der Waals surface area contributed by atoms with Crippen LogP contribution in [0.25, 0.3) is 11.3 Å². The van der Waals surface area contributed by atoms with Gasteiger partial charge < -0.3 is 18.7 Å². The minimum absolute atomic E-state index is 0.0255. The van der Waals surface area contributed by atoms with Crippen LogP contribution in [0.3, 0.4) is 0 Å². The lowest BCUT2D eigenvalue weighted by Gasteiger charge is -2.12. The van der Waals surface area contributed by atoms with Crippen molar-refractivity contribution in [3.63, 3.8) is 0 Å². The fraction of sp³-hybridized carbons (Fsp3) is 0.200. The molecule has 0 amide bonds. The fourth-order valence-corrected chi connectivity index (χ4v) is 2.73. The van der Waals surface area contributed by atoms with Gasteiger partial charge in [-0.05, 0) is 19.1 Å². The number of halogens is 1. The van der Waals surface area contributed by atoms with Crippen LogP contribution >= 0.6 is 11.6 Å². The standard InChI is InChI=1S/C20H18ClNO5/c1-3-25-19-16(21)9-14(10-18(19)24-2)20(23)26-12-15-11-17(27-22-15)13-7-5-4-6-8-13/h4-11H,3,12H2,1-2H3. The topological polar surface area (TPSA) is 70.8 Å². The van der Waals surface area contributed by atoms with Gasteiger partial charge in [0.05, 0.1) is 24.3 Å². The monoisotopic (exact) mass is 387 g/mol. The van der Waals surface area contributed by atoms with E-state index in [9.17, 15) is 4.79 Å². The molecule has 0 saturated heterocycles. The van der Waals surface area contributed by atoms with Gasteiger partial charge in [-0.25, -0.2) is 4.79 Å². The number of rotatable bonds is 7. The molecule has 0 unspecified atom stereocenters. The zero-order valence-electron chi connectivity index (χ0n) is 14.9. The summed E-state index contributed by atoms with van der Waals surface area (Å²) < 4.78 is 21.3. The number of carbonyl (C=O) groups is 1. The minimum atomic E-state index is -0.553. The van der Waals surface area contributed by atoms with E-state index in [1.807, 2.05) is 37.3 Å². The van der Waals surface area contributed by atoms with Crippen LogP contribution < -0.4 is 9.47 Å². The van der Waals surface area contributed by atoms with E-state index in [4.69, 9.17) is 30.3 Å². The average molecular weight is 388 g/mol. The lowest BCUT2D eigenvalue weighted by molar-refractivity contribution is 0.0464. The Labute approximate surface area is 161 Å². The number of methoxy groups -OCH3 is 1. The summed E-state index contributed by atoms with van der Waals surface area (Å²) in [7, 11) is 1.48. The summed E-state index contributed by atoms with van der Waals surface area (Å²) in [5.41, 5.74) is 1.66. The third-order valence-corrected chi connectivity index (χ3v) is 4.00. The quantitative estimate of drug-likeness (QED) is 0.544. The first-order chi connectivity index (χ1) is 13.1. The zero-order chi connectivity index (χ0) is 19.2. The smallest absolute Gasteiger partial charge is 0.338 e. The molecule has 0 fully saturated rings. The molecule has 3 rings (SSSR count). The van der Waals surface area contributed by atoms with E-state index in [0.717, 1.165) is 5.56 Å². The Morgan fingerprint density at radius 2 is 1.96 bits per heavy atom. The van der Waals surface area contributed by atoms with Crippen LogP contribution in [0.4, 0.5) is 0 Å². The van der Waals surface area contributed by atoms with Crippen LogP contribution in [0.1, 0.15) is 23.0 Å². The van der Waals surface area contributed by atoms with Gasteiger partial charge in [0.1, 0.15) is 12.3 Å². The third-order valence-electron chi connectivity index (χ3n) is 3.72. The molecule has 2 aromatic carbocycles. The summed E-state index contributed by atoms with van der Waals surface area (Å²) in [5, 5.41) is 4.20. The van der Waals surface area contributed by atoms with Gasteiger partial charge in [-0.2, -0.15) is 0 Å². The minimum Gasteiger partial charge on any atom is -0.493 e. The summed E-state index contributed by atoms with van der Waals surface area (Å²) in [6.07, 6.45) is 0. The largest absolute Gasteiger partial charge is 0.493 e. The summed E-state index contributed by atoms with van der Waals surface area (Å²) >= 11 is 6.18. The predicted molar refractivity (Wildman–Crippen MR) is 100 cm³/mol. The number of esters is 1. The van der Waals surface area contributed by atoms with Gasteiger partial charge in [-0.1, -0.05) is 47.1 Å². The van der Waals surface area contributed by atoms with Crippen LogP contribution in [0, 0.1) is 0 Å². The van der Waals surface area contributed by atoms with Crippen molar-refractivity contribution < 1.29 is 23.5 Å². The summed E-state index contributed by atoms with van der Waals surface area (Å²) in [6.45, 7) is 2.23. The van der Waals surface area contributed by atoms with Gasteiger partial charge in [-0.3, -0.25) is 0 Å². The van der Waals surface area contributed by atoms with E-state index < -0.39 is 5.97 Å². The highest BCUT2D eigenvalue weighted by molar-refractivity contribution is 6.32. The van der Waals surface area contributed by atoms with Crippen molar-refractivity contribution >= 4 is 17.6 Å². The Balaban J connectivity index is 1.69. The molecule has 0 aliphatic heterocycles. The third kappa shape index (κ3) is 4.41. The van der Waals surface area contributed by atoms with Crippen molar-refractivity contribution in [2.75, 3.05) is 13.7 Å². The molecule has 0 bridgehead atoms. The van der Waals surface area contributed by atoms with Crippen molar-refractivity contribution in [3.8, 4) is 22.8 Å². The lowest BCUT2D eigenvalue weighted by atomic mass is 10.2. The second-order valence-electron chi connectivity index (χ2n) is 5.55. The number of nitrogens with zero attached hydrogens (tertiary/aromatic N) is 1. The van der Waals surface area contributed by atoms with Crippen molar-refractivity contribution in [1.29, 1.82) is 0 Å². The first-order valence-corrected chi connectivity index (χ1v) is 8.68. The molecule has 140 valence electrons. The highest BCUT2D eigenvalue weighted by atomic mass is 35.5. The number of ether oxygens (including phenoxy) is 3.